The zero-order chi connectivity index (χ0) is 15.4. The highest BCUT2D eigenvalue weighted by atomic mass is 35.5. The van der Waals surface area contributed by atoms with Gasteiger partial charge < -0.3 is 10.0 Å². The average Bonchev–Trinajstić information content (AvgIpc) is 2.84. The molecule has 0 aliphatic heterocycles. The predicted octanol–water partition coefficient (Wildman–Crippen LogP) is 4.85. The van der Waals surface area contributed by atoms with E-state index in [1.165, 1.54) is 11.3 Å². The molecule has 112 valence electrons. The molecule has 0 unspecified atom stereocenters. The van der Waals surface area contributed by atoms with Crippen LogP contribution < -0.4 is 4.90 Å². The van der Waals surface area contributed by atoms with Crippen molar-refractivity contribution in [2.75, 3.05) is 17.7 Å². The van der Waals surface area contributed by atoms with Crippen LogP contribution in [0.2, 0.25) is 4.34 Å². The van der Waals surface area contributed by atoms with Gasteiger partial charge in [0, 0.05) is 16.8 Å². The number of thiophene rings is 1. The minimum absolute atomic E-state index is 0.370. The third kappa shape index (κ3) is 3.93. The highest BCUT2D eigenvalue weighted by molar-refractivity contribution is 7.99. The maximum Gasteiger partial charge on any atom is 0.338 e. The van der Waals surface area contributed by atoms with Crippen molar-refractivity contribution in [3.05, 3.63) is 45.1 Å². The van der Waals surface area contributed by atoms with Gasteiger partial charge in [0.05, 0.1) is 22.1 Å². The molecule has 0 aliphatic carbocycles. The number of carboxylic acids is 1. The number of anilines is 1. The number of hydrogen-bond donors (Lipinski definition) is 1. The normalized spacial score (nSPS) is 10.6. The molecule has 0 fully saturated rings. The number of nitrogens with zero attached hydrogens (tertiary/aromatic N) is 1. The molecule has 21 heavy (non-hydrogen) atoms. The van der Waals surface area contributed by atoms with E-state index in [4.69, 9.17) is 11.6 Å². The Morgan fingerprint density at radius 1 is 1.38 bits per heavy atom. The van der Waals surface area contributed by atoms with Gasteiger partial charge in [0.15, 0.2) is 0 Å². The zero-order valence-electron chi connectivity index (χ0n) is 11.8. The van der Waals surface area contributed by atoms with E-state index >= 15 is 0 Å². The van der Waals surface area contributed by atoms with Crippen LogP contribution in [0, 0.1) is 0 Å². The molecular formula is C15H16ClNO2S2. The lowest BCUT2D eigenvalue weighted by Crippen LogP contribution is -2.19. The summed E-state index contributed by atoms with van der Waals surface area (Å²) >= 11 is 9.00. The second-order valence-corrected chi connectivity index (χ2v) is 7.56. The summed E-state index contributed by atoms with van der Waals surface area (Å²) in [5.74, 6) is -0.0498. The fraction of sp³-hybridized carbons (Fsp3) is 0.267. The highest BCUT2D eigenvalue weighted by Crippen LogP contribution is 2.32. The lowest BCUT2D eigenvalue weighted by atomic mass is 10.1. The van der Waals surface area contributed by atoms with E-state index in [9.17, 15) is 9.90 Å². The third-order valence-electron chi connectivity index (χ3n) is 2.95. The Hall–Kier alpha value is -1.17. The van der Waals surface area contributed by atoms with Crippen LogP contribution in [0.5, 0.6) is 0 Å². The standard InChI is InChI=1S/C15H16ClNO2S2/c1-3-20-12-6-4-5-11(14(12)15(18)19)17(2)9-10-7-8-13(16)21-10/h4-8H,3,9H2,1-2H3,(H,18,19). The average molecular weight is 342 g/mol. The summed E-state index contributed by atoms with van der Waals surface area (Å²) in [4.78, 5) is 15.5. The number of hydrogen-bond acceptors (Lipinski definition) is 4. The molecule has 2 rings (SSSR count). The number of halogens is 1. The van der Waals surface area contributed by atoms with Crippen LogP contribution in [0.4, 0.5) is 5.69 Å². The van der Waals surface area contributed by atoms with Gasteiger partial charge in [-0.3, -0.25) is 0 Å². The van der Waals surface area contributed by atoms with Crippen LogP contribution >= 0.6 is 34.7 Å². The summed E-state index contributed by atoms with van der Waals surface area (Å²) in [5.41, 5.74) is 1.10. The number of aromatic carboxylic acids is 1. The minimum Gasteiger partial charge on any atom is -0.478 e. The molecule has 0 atom stereocenters. The van der Waals surface area contributed by atoms with Crippen molar-refractivity contribution in [3.63, 3.8) is 0 Å². The maximum atomic E-state index is 11.6. The molecule has 1 aromatic heterocycles. The summed E-state index contributed by atoms with van der Waals surface area (Å²) in [5, 5.41) is 9.53. The van der Waals surface area contributed by atoms with Crippen LogP contribution in [0.3, 0.4) is 0 Å². The Morgan fingerprint density at radius 2 is 2.14 bits per heavy atom. The van der Waals surface area contributed by atoms with Crippen molar-refractivity contribution in [3.8, 4) is 0 Å². The molecular weight excluding hydrogens is 326 g/mol. The van der Waals surface area contributed by atoms with E-state index in [0.717, 1.165) is 25.5 Å². The van der Waals surface area contributed by atoms with Crippen molar-refractivity contribution < 1.29 is 9.90 Å². The summed E-state index contributed by atoms with van der Waals surface area (Å²) in [6.07, 6.45) is 0. The van der Waals surface area contributed by atoms with Crippen LogP contribution in [0.1, 0.15) is 22.2 Å². The predicted molar refractivity (Wildman–Crippen MR) is 91.2 cm³/mol. The topological polar surface area (TPSA) is 40.5 Å². The molecule has 0 radical (unpaired) electrons. The molecule has 0 saturated carbocycles. The molecule has 0 saturated heterocycles. The molecule has 0 spiro atoms. The first-order valence-electron chi connectivity index (χ1n) is 6.47. The Bertz CT molecular complexity index is 642. The Kier molecular flexibility index (Phi) is 5.56. The first-order valence-corrected chi connectivity index (χ1v) is 8.65. The first kappa shape index (κ1) is 16.2. The Labute approximate surface area is 137 Å². The zero-order valence-corrected chi connectivity index (χ0v) is 14.2. The first-order chi connectivity index (χ1) is 10.0. The monoisotopic (exact) mass is 341 g/mol. The van der Waals surface area contributed by atoms with Gasteiger partial charge in [-0.1, -0.05) is 24.6 Å². The van der Waals surface area contributed by atoms with Crippen LogP contribution in [0.25, 0.3) is 0 Å². The van der Waals surface area contributed by atoms with Crippen LogP contribution in [-0.2, 0) is 6.54 Å². The molecule has 1 N–H and O–H groups in total. The van der Waals surface area contributed by atoms with Gasteiger partial charge in [0.1, 0.15) is 0 Å². The van der Waals surface area contributed by atoms with Gasteiger partial charge >= 0.3 is 5.97 Å². The molecule has 0 aliphatic rings. The molecule has 6 heteroatoms. The number of benzene rings is 1. The molecule has 0 bridgehead atoms. The van der Waals surface area contributed by atoms with E-state index in [2.05, 4.69) is 0 Å². The van der Waals surface area contributed by atoms with Gasteiger partial charge in [0.2, 0.25) is 0 Å². The van der Waals surface area contributed by atoms with Gasteiger partial charge in [-0.05, 0) is 30.0 Å². The lowest BCUT2D eigenvalue weighted by molar-refractivity contribution is 0.0694. The Morgan fingerprint density at radius 3 is 2.71 bits per heavy atom. The molecule has 3 nitrogen and oxygen atoms in total. The van der Waals surface area contributed by atoms with E-state index in [1.807, 2.05) is 49.2 Å². The maximum absolute atomic E-state index is 11.6. The molecule has 0 amide bonds. The fourth-order valence-corrected chi connectivity index (χ4v) is 4.05. The minimum atomic E-state index is -0.891. The largest absolute Gasteiger partial charge is 0.478 e. The third-order valence-corrected chi connectivity index (χ3v) is 5.11. The van der Waals surface area contributed by atoms with Gasteiger partial charge in [0.25, 0.3) is 0 Å². The quantitative estimate of drug-likeness (QED) is 0.762. The van der Waals surface area contributed by atoms with Crippen molar-refractivity contribution >= 4 is 46.4 Å². The van der Waals surface area contributed by atoms with Crippen LogP contribution in [-0.4, -0.2) is 23.9 Å². The molecule has 1 aromatic carbocycles. The highest BCUT2D eigenvalue weighted by Gasteiger charge is 2.18. The smallest absolute Gasteiger partial charge is 0.338 e. The van der Waals surface area contributed by atoms with Crippen molar-refractivity contribution in [2.24, 2.45) is 0 Å². The summed E-state index contributed by atoms with van der Waals surface area (Å²) in [6, 6.07) is 9.43. The van der Waals surface area contributed by atoms with E-state index < -0.39 is 5.97 Å². The number of rotatable bonds is 6. The summed E-state index contributed by atoms with van der Waals surface area (Å²) < 4.78 is 0.743. The number of carboxylic acid groups (broad SMARTS) is 1. The fourth-order valence-electron chi connectivity index (χ4n) is 2.08. The lowest BCUT2D eigenvalue weighted by Gasteiger charge is -2.22. The van der Waals surface area contributed by atoms with E-state index in [1.54, 1.807) is 11.8 Å². The Balaban J connectivity index is 2.33. The van der Waals surface area contributed by atoms with Gasteiger partial charge in [-0.15, -0.1) is 23.1 Å². The van der Waals surface area contributed by atoms with Crippen molar-refractivity contribution in [1.82, 2.24) is 0 Å². The summed E-state index contributed by atoms with van der Waals surface area (Å²) in [6.45, 7) is 2.65. The van der Waals surface area contributed by atoms with Gasteiger partial charge in [-0.2, -0.15) is 0 Å². The van der Waals surface area contributed by atoms with Crippen molar-refractivity contribution in [2.45, 2.75) is 18.4 Å². The number of thioether (sulfide) groups is 1. The van der Waals surface area contributed by atoms with Gasteiger partial charge in [-0.25, -0.2) is 4.79 Å². The van der Waals surface area contributed by atoms with Crippen LogP contribution in [0.15, 0.2) is 35.2 Å². The number of carbonyl (C=O) groups is 1. The van der Waals surface area contributed by atoms with E-state index in [0.29, 0.717) is 12.1 Å². The molecule has 1 heterocycles. The van der Waals surface area contributed by atoms with Crippen molar-refractivity contribution in [1.29, 1.82) is 0 Å². The summed E-state index contributed by atoms with van der Waals surface area (Å²) in [7, 11) is 1.90. The SMILES string of the molecule is CCSc1cccc(N(C)Cc2ccc(Cl)s2)c1C(=O)O. The second kappa shape index (κ2) is 7.20. The van der Waals surface area contributed by atoms with E-state index in [-0.39, 0.29) is 0 Å². The second-order valence-electron chi connectivity index (χ2n) is 4.45. The molecule has 2 aromatic rings.